The Balaban J connectivity index is 1.63. The maximum atomic E-state index is 12.8. The highest BCUT2D eigenvalue weighted by Gasteiger charge is 2.30. The van der Waals surface area contributed by atoms with Crippen molar-refractivity contribution in [1.29, 1.82) is 0 Å². The van der Waals surface area contributed by atoms with E-state index in [0.717, 1.165) is 16.0 Å². The summed E-state index contributed by atoms with van der Waals surface area (Å²) >= 11 is 1.55. The molecule has 5 heteroatoms. The third kappa shape index (κ3) is 3.25. The summed E-state index contributed by atoms with van der Waals surface area (Å²) in [5.74, 6) is 0.457. The maximum absolute atomic E-state index is 12.8. The third-order valence-electron chi connectivity index (χ3n) is 4.68. The van der Waals surface area contributed by atoms with Crippen LogP contribution in [-0.2, 0) is 0 Å². The second-order valence-corrected chi connectivity index (χ2v) is 7.67. The highest BCUT2D eigenvalue weighted by atomic mass is 32.1. The normalized spacial score (nSPS) is 14.1. The van der Waals surface area contributed by atoms with Gasteiger partial charge in [-0.05, 0) is 61.0 Å². The van der Waals surface area contributed by atoms with Crippen molar-refractivity contribution in [3.05, 3.63) is 86.3 Å². The van der Waals surface area contributed by atoms with Crippen LogP contribution >= 0.6 is 11.3 Å². The number of fused-ring (bicyclic) bond motifs is 1. The fourth-order valence-corrected chi connectivity index (χ4v) is 4.00. The Hall–Kier alpha value is -3.18. The highest BCUT2D eigenvalue weighted by Crippen LogP contribution is 2.38. The van der Waals surface area contributed by atoms with E-state index in [1.165, 1.54) is 0 Å². The molecular weight excluding hydrogens is 372 g/mol. The van der Waals surface area contributed by atoms with Crippen molar-refractivity contribution in [2.45, 2.75) is 20.8 Å². The van der Waals surface area contributed by atoms with E-state index in [1.807, 2.05) is 44.4 Å². The first kappa shape index (κ1) is 18.2. The Bertz CT molecular complexity index is 1140. The van der Waals surface area contributed by atoms with Crippen LogP contribution in [0.2, 0.25) is 0 Å². The summed E-state index contributed by atoms with van der Waals surface area (Å²) in [6, 6.07) is 12.5. The number of ketones is 1. The van der Waals surface area contributed by atoms with E-state index in [-0.39, 0.29) is 11.5 Å². The molecule has 4 nitrogen and oxygen atoms in total. The largest absolute Gasteiger partial charge is 0.452 e. The van der Waals surface area contributed by atoms with Crippen LogP contribution in [0.5, 0.6) is 11.5 Å². The Morgan fingerprint density at radius 2 is 1.82 bits per heavy atom. The molecule has 0 atom stereocenters. The van der Waals surface area contributed by atoms with Gasteiger partial charge in [-0.1, -0.05) is 18.2 Å². The van der Waals surface area contributed by atoms with Crippen LogP contribution in [0.15, 0.2) is 53.6 Å². The molecule has 0 amide bonds. The molecule has 0 fully saturated rings. The zero-order valence-corrected chi connectivity index (χ0v) is 16.6. The van der Waals surface area contributed by atoms with Gasteiger partial charge in [-0.2, -0.15) is 0 Å². The lowest BCUT2D eigenvalue weighted by atomic mass is 10.0. The Labute approximate surface area is 167 Å². The number of thiophene rings is 1. The molecular formula is C23H18O4S. The molecule has 0 radical (unpaired) electrons. The van der Waals surface area contributed by atoms with Crippen LogP contribution in [0.4, 0.5) is 0 Å². The number of carbonyl (C=O) groups excluding carboxylic acids is 2. The van der Waals surface area contributed by atoms with Gasteiger partial charge >= 0.3 is 5.97 Å². The van der Waals surface area contributed by atoms with E-state index in [0.29, 0.717) is 28.2 Å². The molecule has 0 spiro atoms. The van der Waals surface area contributed by atoms with Crippen molar-refractivity contribution in [3.63, 3.8) is 0 Å². The molecule has 2 aromatic carbocycles. The van der Waals surface area contributed by atoms with E-state index in [9.17, 15) is 9.59 Å². The van der Waals surface area contributed by atoms with Gasteiger partial charge in [0.1, 0.15) is 11.5 Å². The minimum atomic E-state index is -0.438. The summed E-state index contributed by atoms with van der Waals surface area (Å²) in [5.41, 5.74) is 3.66. The quantitative estimate of drug-likeness (QED) is 0.336. The number of ether oxygens (including phenoxy) is 2. The van der Waals surface area contributed by atoms with Crippen LogP contribution < -0.4 is 9.47 Å². The average Bonchev–Trinajstić information content (AvgIpc) is 3.19. The number of aryl methyl sites for hydroxylation is 3. The smallest absolute Gasteiger partial charge is 0.343 e. The van der Waals surface area contributed by atoms with E-state index < -0.39 is 5.97 Å². The summed E-state index contributed by atoms with van der Waals surface area (Å²) in [6.07, 6.45) is 1.76. The number of benzene rings is 2. The fourth-order valence-electron chi connectivity index (χ4n) is 3.15. The van der Waals surface area contributed by atoms with Crippen LogP contribution in [0, 0.1) is 20.8 Å². The number of Topliss-reactive ketones (excluding diaryl/α,β-unsaturated/α-hetero) is 1. The number of rotatable bonds is 3. The minimum absolute atomic E-state index is 0.155. The molecule has 0 aliphatic carbocycles. The summed E-state index contributed by atoms with van der Waals surface area (Å²) < 4.78 is 11.3. The molecule has 0 N–H and O–H groups in total. The van der Waals surface area contributed by atoms with Gasteiger partial charge in [0.05, 0.1) is 11.1 Å². The first-order valence-corrected chi connectivity index (χ1v) is 9.73. The standard InChI is InChI=1S/C23H18O4S/c1-13-6-4-5-7-17(13)23(25)26-16-10-15(3)21-18(11-16)27-19(22(21)24)12-20-14(2)8-9-28-20/h4-12H,1-3H3/b19-12-. The van der Waals surface area contributed by atoms with E-state index in [4.69, 9.17) is 9.47 Å². The molecule has 28 heavy (non-hydrogen) atoms. The summed E-state index contributed by atoms with van der Waals surface area (Å²) in [7, 11) is 0. The first-order valence-electron chi connectivity index (χ1n) is 8.85. The van der Waals surface area contributed by atoms with Crippen molar-refractivity contribution in [3.8, 4) is 11.5 Å². The van der Waals surface area contributed by atoms with Crippen LogP contribution in [0.25, 0.3) is 6.08 Å². The average molecular weight is 390 g/mol. The topological polar surface area (TPSA) is 52.6 Å². The summed E-state index contributed by atoms with van der Waals surface area (Å²) in [5, 5.41) is 1.97. The summed E-state index contributed by atoms with van der Waals surface area (Å²) in [6.45, 7) is 5.66. The number of carbonyl (C=O) groups is 2. The lowest BCUT2D eigenvalue weighted by Crippen LogP contribution is -2.10. The number of esters is 1. The number of hydrogen-bond donors (Lipinski definition) is 0. The molecule has 3 aromatic rings. The number of hydrogen-bond acceptors (Lipinski definition) is 5. The monoisotopic (exact) mass is 390 g/mol. The zero-order valence-electron chi connectivity index (χ0n) is 15.7. The second-order valence-electron chi connectivity index (χ2n) is 6.73. The number of allylic oxidation sites excluding steroid dienone is 1. The van der Waals surface area contributed by atoms with Gasteiger partial charge in [-0.3, -0.25) is 4.79 Å². The molecule has 1 aromatic heterocycles. The molecule has 0 saturated heterocycles. The van der Waals surface area contributed by atoms with Crippen molar-refractivity contribution in [1.82, 2.24) is 0 Å². The molecule has 1 aliphatic heterocycles. The van der Waals surface area contributed by atoms with Crippen LogP contribution in [0.1, 0.15) is 42.3 Å². The molecule has 0 saturated carbocycles. The van der Waals surface area contributed by atoms with E-state index >= 15 is 0 Å². The van der Waals surface area contributed by atoms with Gasteiger partial charge < -0.3 is 9.47 Å². The van der Waals surface area contributed by atoms with Crippen molar-refractivity contribution < 1.29 is 19.1 Å². The summed E-state index contributed by atoms with van der Waals surface area (Å²) in [4.78, 5) is 26.2. The SMILES string of the molecule is Cc1ccccc1C(=O)Oc1cc(C)c2c(c1)O/C(=C\c1sccc1C)C2=O. The Morgan fingerprint density at radius 1 is 1.04 bits per heavy atom. The van der Waals surface area contributed by atoms with Gasteiger partial charge in [-0.15, -0.1) is 11.3 Å². The first-order chi connectivity index (χ1) is 13.4. The van der Waals surface area contributed by atoms with E-state index in [1.54, 1.807) is 41.7 Å². The fraction of sp³-hybridized carbons (Fsp3) is 0.130. The minimum Gasteiger partial charge on any atom is -0.452 e. The lowest BCUT2D eigenvalue weighted by Gasteiger charge is -2.09. The molecule has 4 rings (SSSR count). The molecule has 1 aliphatic rings. The molecule has 0 unspecified atom stereocenters. The van der Waals surface area contributed by atoms with E-state index in [2.05, 4.69) is 0 Å². The lowest BCUT2D eigenvalue weighted by molar-refractivity contribution is 0.0733. The third-order valence-corrected chi connectivity index (χ3v) is 5.65. The molecule has 140 valence electrons. The van der Waals surface area contributed by atoms with Crippen molar-refractivity contribution >= 4 is 29.2 Å². The predicted octanol–water partition coefficient (Wildman–Crippen LogP) is 5.51. The van der Waals surface area contributed by atoms with Gasteiger partial charge in [0.15, 0.2) is 5.76 Å². The van der Waals surface area contributed by atoms with Gasteiger partial charge in [0.2, 0.25) is 5.78 Å². The van der Waals surface area contributed by atoms with Gasteiger partial charge in [0.25, 0.3) is 0 Å². The van der Waals surface area contributed by atoms with Crippen molar-refractivity contribution in [2.24, 2.45) is 0 Å². The Kier molecular flexibility index (Phi) is 4.61. The second kappa shape index (κ2) is 7.09. The predicted molar refractivity (Wildman–Crippen MR) is 109 cm³/mol. The van der Waals surface area contributed by atoms with Crippen LogP contribution in [-0.4, -0.2) is 11.8 Å². The molecule has 0 bridgehead atoms. The highest BCUT2D eigenvalue weighted by molar-refractivity contribution is 7.11. The van der Waals surface area contributed by atoms with Crippen LogP contribution in [0.3, 0.4) is 0 Å². The zero-order chi connectivity index (χ0) is 19.8. The van der Waals surface area contributed by atoms with Crippen molar-refractivity contribution in [2.75, 3.05) is 0 Å². The molecule has 2 heterocycles. The van der Waals surface area contributed by atoms with Gasteiger partial charge in [-0.25, -0.2) is 4.79 Å². The van der Waals surface area contributed by atoms with Gasteiger partial charge in [0, 0.05) is 17.0 Å². The maximum Gasteiger partial charge on any atom is 0.343 e. The Morgan fingerprint density at radius 3 is 2.54 bits per heavy atom.